The molecule has 0 atom stereocenters. The maximum Gasteiger partial charge on any atom is 0.257 e. The fraction of sp³-hybridized carbons (Fsp3) is 0.276. The summed E-state index contributed by atoms with van der Waals surface area (Å²) in [5.74, 6) is 0.911. The zero-order valence-corrected chi connectivity index (χ0v) is 22.0. The molecule has 37 heavy (non-hydrogen) atoms. The first-order valence-corrected chi connectivity index (χ1v) is 12.8. The Balaban J connectivity index is 1.33. The number of carbonyl (C=O) groups excluding carboxylic acids is 2. The number of hydrogen-bond acceptors (Lipinski definition) is 5. The summed E-state index contributed by atoms with van der Waals surface area (Å²) in [5.41, 5.74) is 2.97. The highest BCUT2D eigenvalue weighted by atomic mass is 32.1. The van der Waals surface area contributed by atoms with Crippen molar-refractivity contribution in [2.24, 2.45) is 5.92 Å². The van der Waals surface area contributed by atoms with E-state index in [0.717, 1.165) is 17.1 Å². The van der Waals surface area contributed by atoms with E-state index >= 15 is 0 Å². The molecule has 1 fully saturated rings. The quantitative estimate of drug-likeness (QED) is 0.439. The second-order valence-corrected chi connectivity index (χ2v) is 9.71. The van der Waals surface area contributed by atoms with Crippen molar-refractivity contribution in [3.05, 3.63) is 90.0 Å². The van der Waals surface area contributed by atoms with Crippen LogP contribution in [0.15, 0.2) is 78.9 Å². The van der Waals surface area contributed by atoms with Gasteiger partial charge in [-0.25, -0.2) is 0 Å². The Labute approximate surface area is 223 Å². The highest BCUT2D eigenvalue weighted by Crippen LogP contribution is 2.27. The summed E-state index contributed by atoms with van der Waals surface area (Å²) in [6, 6.07) is 24.2. The number of anilines is 2. The van der Waals surface area contributed by atoms with E-state index in [0.29, 0.717) is 49.8 Å². The standard InChI is InChI=1S/C29H32N4O3S/c1-21(2)20-36-24-14-12-22(13-15-24)27(34)31-29(37)30-25-10-6-7-11-26(25)32-16-18-33(19-17-32)28(35)23-8-4-3-5-9-23/h3-15,21H,16-20H2,1-2H3,(H2,30,31,34,37). The van der Waals surface area contributed by atoms with Crippen molar-refractivity contribution in [1.82, 2.24) is 10.2 Å². The zero-order chi connectivity index (χ0) is 26.2. The number of carbonyl (C=O) groups is 2. The van der Waals surface area contributed by atoms with Crippen LogP contribution in [0.2, 0.25) is 0 Å². The molecular weight excluding hydrogens is 484 g/mol. The van der Waals surface area contributed by atoms with E-state index in [4.69, 9.17) is 17.0 Å². The molecule has 0 bridgehead atoms. The van der Waals surface area contributed by atoms with Gasteiger partial charge in [0.15, 0.2) is 5.11 Å². The van der Waals surface area contributed by atoms with Crippen LogP contribution in [0.1, 0.15) is 34.6 Å². The first kappa shape index (κ1) is 26.2. The first-order chi connectivity index (χ1) is 17.9. The van der Waals surface area contributed by atoms with E-state index in [2.05, 4.69) is 29.4 Å². The molecule has 192 valence electrons. The molecule has 7 nitrogen and oxygen atoms in total. The number of thiocarbonyl (C=S) groups is 1. The first-order valence-electron chi connectivity index (χ1n) is 12.4. The molecule has 2 N–H and O–H groups in total. The minimum Gasteiger partial charge on any atom is -0.493 e. The molecule has 1 aliphatic rings. The van der Waals surface area contributed by atoms with Crippen molar-refractivity contribution < 1.29 is 14.3 Å². The molecule has 2 amide bonds. The molecule has 3 aromatic rings. The van der Waals surface area contributed by atoms with Crippen LogP contribution in [0, 0.1) is 5.92 Å². The Kier molecular flexibility index (Phi) is 8.74. The lowest BCUT2D eigenvalue weighted by Gasteiger charge is -2.37. The summed E-state index contributed by atoms with van der Waals surface area (Å²) in [4.78, 5) is 29.6. The Morgan fingerprint density at radius 2 is 1.51 bits per heavy atom. The minimum absolute atomic E-state index is 0.0510. The molecule has 1 aliphatic heterocycles. The van der Waals surface area contributed by atoms with Gasteiger partial charge in [0.05, 0.1) is 18.0 Å². The molecule has 0 aromatic heterocycles. The third-order valence-corrected chi connectivity index (χ3v) is 6.21. The van der Waals surface area contributed by atoms with Crippen molar-refractivity contribution in [2.45, 2.75) is 13.8 Å². The summed E-state index contributed by atoms with van der Waals surface area (Å²) in [5, 5.41) is 6.14. The van der Waals surface area contributed by atoms with Crippen LogP contribution < -0.4 is 20.3 Å². The van der Waals surface area contributed by atoms with E-state index in [1.807, 2.05) is 59.5 Å². The summed E-state index contributed by atoms with van der Waals surface area (Å²) >= 11 is 5.44. The van der Waals surface area contributed by atoms with E-state index in [9.17, 15) is 9.59 Å². The Hall–Kier alpha value is -3.91. The number of rotatable bonds is 7. The van der Waals surface area contributed by atoms with Gasteiger partial charge in [-0.15, -0.1) is 0 Å². The number of piperazine rings is 1. The van der Waals surface area contributed by atoms with Gasteiger partial charge in [0.25, 0.3) is 11.8 Å². The summed E-state index contributed by atoms with van der Waals surface area (Å²) in [6.45, 7) is 7.43. The fourth-order valence-electron chi connectivity index (χ4n) is 4.06. The van der Waals surface area contributed by atoms with Crippen molar-refractivity contribution in [3.63, 3.8) is 0 Å². The summed E-state index contributed by atoms with van der Waals surface area (Å²) < 4.78 is 5.68. The van der Waals surface area contributed by atoms with Gasteiger partial charge in [-0.05, 0) is 66.7 Å². The number of para-hydroxylation sites is 2. The van der Waals surface area contributed by atoms with Gasteiger partial charge >= 0.3 is 0 Å². The SMILES string of the molecule is CC(C)COc1ccc(C(=O)NC(=S)Nc2ccccc2N2CCN(C(=O)c3ccccc3)CC2)cc1. The lowest BCUT2D eigenvalue weighted by atomic mass is 10.1. The second kappa shape index (κ2) is 12.4. The summed E-state index contributed by atoms with van der Waals surface area (Å²) in [7, 11) is 0. The van der Waals surface area contributed by atoms with Crippen LogP contribution in [0.25, 0.3) is 0 Å². The Morgan fingerprint density at radius 1 is 0.865 bits per heavy atom. The zero-order valence-electron chi connectivity index (χ0n) is 21.1. The maximum absolute atomic E-state index is 12.8. The molecule has 0 radical (unpaired) electrons. The molecule has 1 heterocycles. The van der Waals surface area contributed by atoms with Crippen LogP contribution in [-0.4, -0.2) is 54.6 Å². The summed E-state index contributed by atoms with van der Waals surface area (Å²) in [6.07, 6.45) is 0. The van der Waals surface area contributed by atoms with Gasteiger partial charge in [-0.3, -0.25) is 14.9 Å². The van der Waals surface area contributed by atoms with Gasteiger partial charge in [0.2, 0.25) is 0 Å². The van der Waals surface area contributed by atoms with Crippen LogP contribution in [-0.2, 0) is 0 Å². The van der Waals surface area contributed by atoms with Gasteiger partial charge in [0, 0.05) is 37.3 Å². The molecule has 0 aliphatic carbocycles. The van der Waals surface area contributed by atoms with Crippen LogP contribution in [0.3, 0.4) is 0 Å². The third-order valence-electron chi connectivity index (χ3n) is 6.01. The van der Waals surface area contributed by atoms with Crippen LogP contribution in [0.4, 0.5) is 11.4 Å². The van der Waals surface area contributed by atoms with Gasteiger partial charge in [0.1, 0.15) is 5.75 Å². The fourth-order valence-corrected chi connectivity index (χ4v) is 4.27. The van der Waals surface area contributed by atoms with Crippen molar-refractivity contribution >= 4 is 40.5 Å². The maximum atomic E-state index is 12.8. The van der Waals surface area contributed by atoms with E-state index in [1.54, 1.807) is 24.3 Å². The number of amides is 2. The van der Waals surface area contributed by atoms with Gasteiger partial charge < -0.3 is 19.9 Å². The molecule has 3 aromatic carbocycles. The van der Waals surface area contributed by atoms with Crippen molar-refractivity contribution in [2.75, 3.05) is 43.0 Å². The Morgan fingerprint density at radius 3 is 2.19 bits per heavy atom. The number of hydrogen-bond donors (Lipinski definition) is 2. The number of benzene rings is 3. The topological polar surface area (TPSA) is 73.9 Å². The molecule has 0 unspecified atom stereocenters. The third kappa shape index (κ3) is 7.07. The van der Waals surface area contributed by atoms with Crippen molar-refractivity contribution in [3.8, 4) is 5.75 Å². The number of nitrogens with zero attached hydrogens (tertiary/aromatic N) is 2. The average molecular weight is 517 g/mol. The van der Waals surface area contributed by atoms with Crippen molar-refractivity contribution in [1.29, 1.82) is 0 Å². The highest BCUT2D eigenvalue weighted by Gasteiger charge is 2.23. The highest BCUT2D eigenvalue weighted by molar-refractivity contribution is 7.80. The monoisotopic (exact) mass is 516 g/mol. The van der Waals surface area contributed by atoms with E-state index in [1.165, 1.54) is 0 Å². The van der Waals surface area contributed by atoms with Crippen LogP contribution in [0.5, 0.6) is 5.75 Å². The molecule has 1 saturated heterocycles. The second-order valence-electron chi connectivity index (χ2n) is 9.30. The largest absolute Gasteiger partial charge is 0.493 e. The number of nitrogens with one attached hydrogen (secondary N) is 2. The lowest BCUT2D eigenvalue weighted by Crippen LogP contribution is -2.49. The number of ether oxygens (including phenoxy) is 1. The Bertz CT molecular complexity index is 1220. The minimum atomic E-state index is -0.293. The molecule has 8 heteroatoms. The predicted molar refractivity (Wildman–Crippen MR) is 151 cm³/mol. The van der Waals surface area contributed by atoms with E-state index in [-0.39, 0.29) is 16.9 Å². The lowest BCUT2D eigenvalue weighted by molar-refractivity contribution is 0.0746. The van der Waals surface area contributed by atoms with Gasteiger partial charge in [-0.2, -0.15) is 0 Å². The van der Waals surface area contributed by atoms with Gasteiger partial charge in [-0.1, -0.05) is 44.2 Å². The smallest absolute Gasteiger partial charge is 0.257 e. The van der Waals surface area contributed by atoms with Crippen LogP contribution >= 0.6 is 12.2 Å². The normalized spacial score (nSPS) is 13.3. The predicted octanol–water partition coefficient (Wildman–Crippen LogP) is 4.81. The molecule has 4 rings (SSSR count). The molecule has 0 saturated carbocycles. The molecule has 0 spiro atoms. The van der Waals surface area contributed by atoms with E-state index < -0.39 is 0 Å². The average Bonchev–Trinajstić information content (AvgIpc) is 2.92. The molecular formula is C29H32N4O3S.